The van der Waals surface area contributed by atoms with Gasteiger partial charge in [0.2, 0.25) is 0 Å². The molecule has 1 aromatic heterocycles. The Morgan fingerprint density at radius 3 is 2.44 bits per heavy atom. The Hall–Kier alpha value is -4.64. The summed E-state index contributed by atoms with van der Waals surface area (Å²) in [4.78, 5) is 44.1. The molecule has 5 rings (SSSR count). The van der Waals surface area contributed by atoms with Crippen molar-refractivity contribution in [2.45, 2.75) is 12.7 Å². The molecule has 0 aliphatic carbocycles. The molecule has 2 N–H and O–H groups in total. The highest BCUT2D eigenvalue weighted by atomic mass is 32.2. The van der Waals surface area contributed by atoms with Crippen LogP contribution in [0.5, 0.6) is 0 Å². The van der Waals surface area contributed by atoms with Gasteiger partial charge in [0.1, 0.15) is 6.29 Å². The number of hydrogen-bond acceptors (Lipinski definition) is 6. The summed E-state index contributed by atoms with van der Waals surface area (Å²) in [5.41, 5.74) is 2.88. The van der Waals surface area contributed by atoms with Crippen LogP contribution in [0.3, 0.4) is 0 Å². The van der Waals surface area contributed by atoms with E-state index in [-0.39, 0.29) is 12.1 Å². The summed E-state index contributed by atoms with van der Waals surface area (Å²) < 4.78 is 39.3. The van der Waals surface area contributed by atoms with Gasteiger partial charge in [-0.1, -0.05) is 24.3 Å². The summed E-state index contributed by atoms with van der Waals surface area (Å²) in [5.74, 6) is 1.07. The van der Waals surface area contributed by atoms with E-state index in [2.05, 4.69) is 20.5 Å². The number of aromatic nitrogens is 1. The molecule has 3 aromatic carbocycles. The topological polar surface area (TPSA) is 91.4 Å². The van der Waals surface area contributed by atoms with Gasteiger partial charge >= 0.3 is 6.18 Å². The zero-order valence-electron chi connectivity index (χ0n) is 22.9. The number of thioether (sulfide) groups is 1. The van der Waals surface area contributed by atoms with Gasteiger partial charge in [0.05, 0.1) is 16.9 Å². The number of benzene rings is 3. The van der Waals surface area contributed by atoms with Gasteiger partial charge in [-0.15, -0.1) is 0 Å². The number of carbonyl (C=O) groups is 3. The normalized spacial score (nSPS) is 13.3. The second-order valence-corrected chi connectivity index (χ2v) is 11.1. The maximum atomic E-state index is 13.1. The third kappa shape index (κ3) is 7.42. The SMILES string of the molecule is O=Cc1cccc(C(=O)Nc2ccc(N3CCSCC3)cc2-c2cc(C(=O)NCc3cccc(C(F)(F)F)c3)ccn2)c1. The summed E-state index contributed by atoms with van der Waals surface area (Å²) >= 11 is 1.88. The molecule has 7 nitrogen and oxygen atoms in total. The lowest BCUT2D eigenvalue weighted by molar-refractivity contribution is -0.137. The molecule has 220 valence electrons. The zero-order chi connectivity index (χ0) is 30.4. The molecular formula is C32H27F3N4O3S. The number of nitrogens with one attached hydrogen (secondary N) is 2. The van der Waals surface area contributed by atoms with Crippen molar-refractivity contribution in [1.29, 1.82) is 0 Å². The molecule has 43 heavy (non-hydrogen) atoms. The highest BCUT2D eigenvalue weighted by Crippen LogP contribution is 2.33. The average molecular weight is 605 g/mol. The molecule has 11 heteroatoms. The van der Waals surface area contributed by atoms with E-state index in [0.29, 0.717) is 39.9 Å². The van der Waals surface area contributed by atoms with Crippen molar-refractivity contribution < 1.29 is 27.6 Å². The van der Waals surface area contributed by atoms with Crippen LogP contribution >= 0.6 is 11.8 Å². The Morgan fingerprint density at radius 2 is 1.67 bits per heavy atom. The van der Waals surface area contributed by atoms with E-state index in [1.807, 2.05) is 23.9 Å². The minimum Gasteiger partial charge on any atom is -0.370 e. The number of carbonyl (C=O) groups excluding carboxylic acids is 3. The summed E-state index contributed by atoms with van der Waals surface area (Å²) in [7, 11) is 0. The van der Waals surface area contributed by atoms with Crippen LogP contribution in [-0.4, -0.2) is 47.7 Å². The molecular weight excluding hydrogens is 577 g/mol. The molecule has 0 atom stereocenters. The Bertz CT molecular complexity index is 1660. The second kappa shape index (κ2) is 13.1. The van der Waals surface area contributed by atoms with Crippen molar-refractivity contribution in [1.82, 2.24) is 10.3 Å². The fourth-order valence-corrected chi connectivity index (χ4v) is 5.58. The third-order valence-electron chi connectivity index (χ3n) is 6.92. The maximum Gasteiger partial charge on any atom is 0.416 e. The van der Waals surface area contributed by atoms with Gasteiger partial charge in [0.15, 0.2) is 0 Å². The highest BCUT2D eigenvalue weighted by Gasteiger charge is 2.30. The van der Waals surface area contributed by atoms with Gasteiger partial charge in [-0.2, -0.15) is 24.9 Å². The number of nitrogens with zero attached hydrogens (tertiary/aromatic N) is 2. The van der Waals surface area contributed by atoms with Gasteiger partial charge < -0.3 is 15.5 Å². The first-order chi connectivity index (χ1) is 20.7. The molecule has 2 amide bonds. The van der Waals surface area contributed by atoms with Crippen LogP contribution < -0.4 is 15.5 Å². The second-order valence-electron chi connectivity index (χ2n) is 9.84. The number of halogens is 3. The smallest absolute Gasteiger partial charge is 0.370 e. The van der Waals surface area contributed by atoms with Crippen molar-refractivity contribution in [2.24, 2.45) is 0 Å². The maximum absolute atomic E-state index is 13.1. The first-order valence-electron chi connectivity index (χ1n) is 13.5. The van der Waals surface area contributed by atoms with Gasteiger partial charge in [0.25, 0.3) is 11.8 Å². The van der Waals surface area contributed by atoms with Gasteiger partial charge in [-0.05, 0) is 60.2 Å². The van der Waals surface area contributed by atoms with E-state index in [4.69, 9.17) is 0 Å². The van der Waals surface area contributed by atoms with Crippen LogP contribution in [0.25, 0.3) is 11.3 Å². The first-order valence-corrected chi connectivity index (χ1v) is 14.6. The number of hydrogen-bond donors (Lipinski definition) is 2. The van der Waals surface area contributed by atoms with E-state index in [0.717, 1.165) is 42.4 Å². The lowest BCUT2D eigenvalue weighted by Crippen LogP contribution is -2.32. The molecule has 4 aromatic rings. The highest BCUT2D eigenvalue weighted by molar-refractivity contribution is 7.99. The summed E-state index contributed by atoms with van der Waals surface area (Å²) in [6, 6.07) is 19.8. The Morgan fingerprint density at radius 1 is 0.907 bits per heavy atom. The number of anilines is 2. The van der Waals surface area contributed by atoms with Crippen LogP contribution in [0.4, 0.5) is 24.5 Å². The molecule has 0 saturated carbocycles. The van der Waals surface area contributed by atoms with Crippen molar-refractivity contribution in [3.05, 3.63) is 113 Å². The van der Waals surface area contributed by atoms with Crippen molar-refractivity contribution in [2.75, 3.05) is 34.8 Å². The van der Waals surface area contributed by atoms with Gasteiger partial charge in [0, 0.05) is 65.3 Å². The standard InChI is InChI=1S/C32H27F3N4O3S/c33-32(34,35)25-6-2-3-21(16-25)19-37-30(41)24-9-10-36-29(17-24)27-18-26(39-11-13-43-14-12-39)7-8-28(27)38-31(42)23-5-1-4-22(15-23)20-40/h1-10,15-18,20H,11-14,19H2,(H,37,41)(H,38,42). The fraction of sp³-hybridized carbons (Fsp3) is 0.188. The Balaban J connectivity index is 1.42. The number of rotatable bonds is 8. The molecule has 1 saturated heterocycles. The quantitative estimate of drug-likeness (QED) is 0.229. The van der Waals surface area contributed by atoms with E-state index in [9.17, 15) is 27.6 Å². The number of aldehydes is 1. The van der Waals surface area contributed by atoms with Crippen LogP contribution in [0.2, 0.25) is 0 Å². The predicted octanol–water partition coefficient (Wildman–Crippen LogP) is 6.32. The van der Waals surface area contributed by atoms with E-state index >= 15 is 0 Å². The molecule has 0 radical (unpaired) electrons. The lowest BCUT2D eigenvalue weighted by Gasteiger charge is -2.29. The summed E-state index contributed by atoms with van der Waals surface area (Å²) in [6.07, 6.45) is -2.34. The minimum absolute atomic E-state index is 0.0932. The van der Waals surface area contributed by atoms with Crippen LogP contribution in [0.1, 0.15) is 42.2 Å². The average Bonchev–Trinajstić information content (AvgIpc) is 3.04. The van der Waals surface area contributed by atoms with Crippen molar-refractivity contribution in [3.63, 3.8) is 0 Å². The summed E-state index contributed by atoms with van der Waals surface area (Å²) in [5, 5.41) is 5.58. The number of alkyl halides is 3. The van der Waals surface area contributed by atoms with Crippen molar-refractivity contribution >= 4 is 41.2 Å². The van der Waals surface area contributed by atoms with Crippen molar-refractivity contribution in [3.8, 4) is 11.3 Å². The monoisotopic (exact) mass is 604 g/mol. The molecule has 2 heterocycles. The molecule has 1 aliphatic heterocycles. The molecule has 0 spiro atoms. The molecule has 1 fully saturated rings. The fourth-order valence-electron chi connectivity index (χ4n) is 4.68. The van der Waals surface area contributed by atoms with Crippen LogP contribution in [0, 0.1) is 0 Å². The predicted molar refractivity (Wildman–Crippen MR) is 162 cm³/mol. The van der Waals surface area contributed by atoms with E-state index < -0.39 is 23.6 Å². The molecule has 1 aliphatic rings. The van der Waals surface area contributed by atoms with E-state index in [1.54, 1.807) is 30.3 Å². The zero-order valence-corrected chi connectivity index (χ0v) is 23.7. The van der Waals surface area contributed by atoms with E-state index in [1.165, 1.54) is 30.5 Å². The van der Waals surface area contributed by atoms with Gasteiger partial charge in [-0.3, -0.25) is 19.4 Å². The van der Waals surface area contributed by atoms with Crippen LogP contribution in [-0.2, 0) is 12.7 Å². The van der Waals surface area contributed by atoms with Crippen LogP contribution in [0.15, 0.2) is 85.1 Å². The first kappa shape index (κ1) is 29.8. The molecule has 0 unspecified atom stereocenters. The lowest BCUT2D eigenvalue weighted by atomic mass is 10.0. The largest absolute Gasteiger partial charge is 0.416 e. The molecule has 0 bridgehead atoms. The Kier molecular flexibility index (Phi) is 9.10. The minimum atomic E-state index is -4.48. The number of pyridine rings is 1. The number of amides is 2. The van der Waals surface area contributed by atoms with Gasteiger partial charge in [-0.25, -0.2) is 0 Å². The Labute approximate surface area is 250 Å². The third-order valence-corrected chi connectivity index (χ3v) is 7.86. The summed E-state index contributed by atoms with van der Waals surface area (Å²) in [6.45, 7) is 1.63.